The Bertz CT molecular complexity index is 843. The molecule has 1 fully saturated rings. The molecule has 4 N–H and O–H groups in total. The molecular formula is C16H20N6O. The second kappa shape index (κ2) is 5.68. The lowest BCUT2D eigenvalue weighted by molar-refractivity contribution is 0.0422. The Hall–Kier alpha value is -2.38. The number of hydrogen-bond acceptors (Lipinski definition) is 6. The van der Waals surface area contributed by atoms with Gasteiger partial charge in [0.2, 0.25) is 0 Å². The van der Waals surface area contributed by atoms with Crippen LogP contribution in [0, 0.1) is 0 Å². The Labute approximate surface area is 133 Å². The Morgan fingerprint density at radius 3 is 3.26 bits per heavy atom. The number of pyridine rings is 2. The van der Waals surface area contributed by atoms with E-state index in [2.05, 4.69) is 31.2 Å². The lowest BCUT2D eigenvalue weighted by Crippen LogP contribution is -2.46. The highest BCUT2D eigenvalue weighted by atomic mass is 16.5. The van der Waals surface area contributed by atoms with Crippen LogP contribution in [0.3, 0.4) is 0 Å². The van der Waals surface area contributed by atoms with E-state index in [9.17, 15) is 0 Å². The molecule has 3 aromatic heterocycles. The lowest BCUT2D eigenvalue weighted by Gasteiger charge is -2.34. The number of nitrogens with one attached hydrogen (secondary N) is 2. The van der Waals surface area contributed by atoms with Crippen LogP contribution < -0.4 is 16.0 Å². The van der Waals surface area contributed by atoms with Crippen LogP contribution in [0.15, 0.2) is 24.5 Å². The van der Waals surface area contributed by atoms with Crippen LogP contribution in [-0.2, 0) is 4.74 Å². The molecule has 1 atom stereocenters. The van der Waals surface area contributed by atoms with Gasteiger partial charge in [-0.05, 0) is 19.2 Å². The van der Waals surface area contributed by atoms with Crippen molar-refractivity contribution >= 4 is 33.4 Å². The number of aromatic amines is 1. The minimum absolute atomic E-state index is 0.189. The smallest absolute Gasteiger partial charge is 0.140 e. The molecule has 3 aromatic rings. The van der Waals surface area contributed by atoms with E-state index in [4.69, 9.17) is 10.5 Å². The number of likely N-dealkylation sites (N-methyl/N-ethyl adjacent to an activating group) is 1. The summed E-state index contributed by atoms with van der Waals surface area (Å²) in [6.45, 7) is 3.29. The van der Waals surface area contributed by atoms with Crippen LogP contribution in [0.4, 0.5) is 11.5 Å². The molecule has 0 bridgehead atoms. The van der Waals surface area contributed by atoms with Crippen molar-refractivity contribution in [3.63, 3.8) is 0 Å². The van der Waals surface area contributed by atoms with Gasteiger partial charge in [0, 0.05) is 31.2 Å². The number of morpholine rings is 1. The maximum Gasteiger partial charge on any atom is 0.140 e. The molecule has 0 saturated carbocycles. The number of hydrogen-bond donors (Lipinski definition) is 3. The van der Waals surface area contributed by atoms with Crippen molar-refractivity contribution in [2.75, 3.05) is 43.9 Å². The monoisotopic (exact) mass is 312 g/mol. The maximum absolute atomic E-state index is 5.88. The quantitative estimate of drug-likeness (QED) is 0.671. The van der Waals surface area contributed by atoms with Crippen LogP contribution in [0.5, 0.6) is 0 Å². The van der Waals surface area contributed by atoms with Gasteiger partial charge >= 0.3 is 0 Å². The number of aromatic nitrogens is 3. The van der Waals surface area contributed by atoms with Gasteiger partial charge in [0.15, 0.2) is 0 Å². The minimum atomic E-state index is 0.189. The predicted molar refractivity (Wildman–Crippen MR) is 91.7 cm³/mol. The van der Waals surface area contributed by atoms with E-state index in [1.807, 2.05) is 19.3 Å². The van der Waals surface area contributed by atoms with E-state index in [0.29, 0.717) is 5.82 Å². The first-order valence-electron chi connectivity index (χ1n) is 7.79. The molecule has 1 aliphatic heterocycles. The van der Waals surface area contributed by atoms with Crippen molar-refractivity contribution in [3.05, 3.63) is 24.5 Å². The fourth-order valence-electron chi connectivity index (χ4n) is 3.27. The van der Waals surface area contributed by atoms with Gasteiger partial charge in [-0.25, -0.2) is 9.97 Å². The molecule has 0 unspecified atom stereocenters. The number of H-pyrrole nitrogens is 1. The van der Waals surface area contributed by atoms with Crippen LogP contribution in [0.25, 0.3) is 21.9 Å². The minimum Gasteiger partial charge on any atom is -0.384 e. The van der Waals surface area contributed by atoms with Gasteiger partial charge in [0.1, 0.15) is 11.5 Å². The van der Waals surface area contributed by atoms with Crippen LogP contribution in [-0.4, -0.2) is 54.3 Å². The van der Waals surface area contributed by atoms with Gasteiger partial charge in [0.25, 0.3) is 0 Å². The zero-order valence-corrected chi connectivity index (χ0v) is 13.0. The summed E-state index contributed by atoms with van der Waals surface area (Å²) in [4.78, 5) is 14.3. The molecule has 4 heterocycles. The summed E-state index contributed by atoms with van der Waals surface area (Å²) in [6, 6.07) is 3.97. The van der Waals surface area contributed by atoms with E-state index in [1.54, 1.807) is 6.20 Å². The number of nitrogens with two attached hydrogens (primary N) is 1. The summed E-state index contributed by atoms with van der Waals surface area (Å²) in [6.07, 6.45) is 3.79. The largest absolute Gasteiger partial charge is 0.384 e. The zero-order chi connectivity index (χ0) is 15.8. The maximum atomic E-state index is 5.88. The molecule has 120 valence electrons. The first-order valence-corrected chi connectivity index (χ1v) is 7.79. The number of anilines is 2. The molecule has 1 saturated heterocycles. The number of nitrogen functional groups attached to an aromatic ring is 1. The van der Waals surface area contributed by atoms with Gasteiger partial charge in [-0.2, -0.15) is 0 Å². The summed E-state index contributed by atoms with van der Waals surface area (Å²) < 4.78 is 5.81. The molecule has 7 heteroatoms. The second-order valence-corrected chi connectivity index (χ2v) is 5.83. The van der Waals surface area contributed by atoms with Crippen molar-refractivity contribution in [1.29, 1.82) is 0 Å². The normalized spacial score (nSPS) is 18.8. The molecule has 0 radical (unpaired) electrons. The van der Waals surface area contributed by atoms with Gasteiger partial charge in [-0.3, -0.25) is 0 Å². The van der Waals surface area contributed by atoms with Crippen molar-refractivity contribution in [1.82, 2.24) is 20.3 Å². The van der Waals surface area contributed by atoms with E-state index >= 15 is 0 Å². The number of fused-ring (bicyclic) bond motifs is 3. The topological polar surface area (TPSA) is 92.1 Å². The van der Waals surface area contributed by atoms with Crippen molar-refractivity contribution in [2.24, 2.45) is 0 Å². The molecule has 0 spiro atoms. The third-order valence-electron chi connectivity index (χ3n) is 4.29. The van der Waals surface area contributed by atoms with Crippen molar-refractivity contribution < 1.29 is 4.74 Å². The molecule has 0 amide bonds. The first kappa shape index (κ1) is 14.2. The molecule has 0 aliphatic carbocycles. The number of rotatable bonds is 3. The second-order valence-electron chi connectivity index (χ2n) is 5.83. The average molecular weight is 312 g/mol. The Kier molecular flexibility index (Phi) is 3.51. The Morgan fingerprint density at radius 1 is 1.48 bits per heavy atom. The van der Waals surface area contributed by atoms with Crippen molar-refractivity contribution in [3.8, 4) is 0 Å². The van der Waals surface area contributed by atoms with E-state index in [-0.39, 0.29) is 6.10 Å². The van der Waals surface area contributed by atoms with Crippen LogP contribution in [0.1, 0.15) is 0 Å². The summed E-state index contributed by atoms with van der Waals surface area (Å²) in [5.74, 6) is 0.517. The molecule has 0 aromatic carbocycles. The molecule has 1 aliphatic rings. The standard InChI is InChI=1S/C16H20N6O/c1-18-7-10-9-22(4-5-23-10)13-2-3-19-16-15(13)11-6-14(17)20-8-12(11)21-16/h2-3,6,8,10,18H,4-5,7,9H2,1H3,(H2,17,20)(H,19,21)/t10-/m0/s1. The number of ether oxygens (including phenoxy) is 1. The third-order valence-corrected chi connectivity index (χ3v) is 4.29. The predicted octanol–water partition coefficient (Wildman–Crippen LogP) is 1.12. The fraction of sp³-hybridized carbons (Fsp3) is 0.375. The highest BCUT2D eigenvalue weighted by molar-refractivity contribution is 6.12. The summed E-state index contributed by atoms with van der Waals surface area (Å²) in [7, 11) is 1.95. The third kappa shape index (κ3) is 2.47. The fourth-order valence-corrected chi connectivity index (χ4v) is 3.27. The highest BCUT2D eigenvalue weighted by Crippen LogP contribution is 2.33. The first-order chi connectivity index (χ1) is 11.3. The average Bonchev–Trinajstić information content (AvgIpc) is 2.93. The lowest BCUT2D eigenvalue weighted by atomic mass is 10.1. The van der Waals surface area contributed by atoms with Crippen molar-refractivity contribution in [2.45, 2.75) is 6.10 Å². The molecule has 7 nitrogen and oxygen atoms in total. The van der Waals surface area contributed by atoms with E-state index in [0.717, 1.165) is 53.9 Å². The van der Waals surface area contributed by atoms with Gasteiger partial charge < -0.3 is 25.7 Å². The van der Waals surface area contributed by atoms with Crippen LogP contribution in [0.2, 0.25) is 0 Å². The molecule has 4 rings (SSSR count). The Balaban J connectivity index is 1.83. The van der Waals surface area contributed by atoms with Gasteiger partial charge in [-0.15, -0.1) is 0 Å². The highest BCUT2D eigenvalue weighted by Gasteiger charge is 2.23. The van der Waals surface area contributed by atoms with Gasteiger partial charge in [-0.1, -0.05) is 0 Å². The summed E-state index contributed by atoms with van der Waals surface area (Å²) in [5.41, 5.74) is 8.86. The molecule has 23 heavy (non-hydrogen) atoms. The number of nitrogens with zero attached hydrogens (tertiary/aromatic N) is 3. The van der Waals surface area contributed by atoms with Crippen LogP contribution >= 0.6 is 0 Å². The zero-order valence-electron chi connectivity index (χ0n) is 13.0. The SMILES string of the molecule is CNC[C@H]1CN(c2ccnc3[nH]c4cnc(N)cc4c23)CCO1. The summed E-state index contributed by atoms with van der Waals surface area (Å²) >= 11 is 0. The van der Waals surface area contributed by atoms with E-state index < -0.39 is 0 Å². The van der Waals surface area contributed by atoms with Gasteiger partial charge in [0.05, 0.1) is 35.5 Å². The summed E-state index contributed by atoms with van der Waals surface area (Å²) in [5, 5.41) is 5.34. The van der Waals surface area contributed by atoms with E-state index in [1.165, 1.54) is 0 Å². The molecular weight excluding hydrogens is 292 g/mol. The Morgan fingerprint density at radius 2 is 2.39 bits per heavy atom.